The molecule has 7 heteroatoms. The van der Waals surface area contributed by atoms with Crippen molar-refractivity contribution in [1.82, 2.24) is 10.2 Å². The molecule has 3 amide bonds. The molecule has 2 aromatic carbocycles. The van der Waals surface area contributed by atoms with Gasteiger partial charge in [-0.1, -0.05) is 48.8 Å². The molecule has 33 heavy (non-hydrogen) atoms. The molecule has 3 rings (SSSR count). The zero-order chi connectivity index (χ0) is 24.0. The van der Waals surface area contributed by atoms with Crippen LogP contribution in [0.4, 0.5) is 9.18 Å². The van der Waals surface area contributed by atoms with Crippen molar-refractivity contribution in [2.45, 2.75) is 52.8 Å². The van der Waals surface area contributed by atoms with Crippen molar-refractivity contribution in [3.63, 3.8) is 0 Å². The molecule has 2 unspecified atom stereocenters. The molecule has 0 aromatic heterocycles. The molecule has 1 N–H and O–H groups in total. The van der Waals surface area contributed by atoms with E-state index in [2.05, 4.69) is 19.2 Å². The third kappa shape index (κ3) is 6.18. The van der Waals surface area contributed by atoms with E-state index in [0.717, 1.165) is 5.56 Å². The Labute approximate surface area is 195 Å². The number of halogens is 1. The molecule has 1 aliphatic heterocycles. The number of hydrogen-bond acceptors (Lipinski definition) is 3. The highest BCUT2D eigenvalue weighted by molar-refractivity contribution is 5.94. The van der Waals surface area contributed by atoms with Crippen LogP contribution in [0.3, 0.4) is 0 Å². The van der Waals surface area contributed by atoms with Crippen molar-refractivity contribution in [1.29, 1.82) is 0 Å². The summed E-state index contributed by atoms with van der Waals surface area (Å²) in [6.45, 7) is 9.38. The number of urea groups is 1. The zero-order valence-corrected chi connectivity index (χ0v) is 20.0. The molecule has 2 aromatic rings. The topological polar surface area (TPSA) is 58.6 Å². The van der Waals surface area contributed by atoms with Gasteiger partial charge in [0.15, 0.2) is 0 Å². The average Bonchev–Trinajstić information content (AvgIpc) is 2.78. The second-order valence-electron chi connectivity index (χ2n) is 9.42. The summed E-state index contributed by atoms with van der Waals surface area (Å²) in [5.41, 5.74) is 1.43. The highest BCUT2D eigenvalue weighted by Crippen LogP contribution is 2.29. The van der Waals surface area contributed by atoms with Crippen molar-refractivity contribution in [3.8, 4) is 0 Å². The molecule has 1 fully saturated rings. The number of benzene rings is 2. The van der Waals surface area contributed by atoms with E-state index >= 15 is 0 Å². The first-order chi connectivity index (χ1) is 15.7. The summed E-state index contributed by atoms with van der Waals surface area (Å²) < 4.78 is 13.1. The van der Waals surface area contributed by atoms with Crippen molar-refractivity contribution < 1.29 is 23.5 Å². The Morgan fingerprint density at radius 2 is 1.76 bits per heavy atom. The number of amides is 3. The van der Waals surface area contributed by atoms with Gasteiger partial charge in [0.1, 0.15) is 25.0 Å². The molecule has 1 saturated heterocycles. The number of nitrogens with zero attached hydrogens (tertiary/aromatic N) is 2. The van der Waals surface area contributed by atoms with Gasteiger partial charge in [0.2, 0.25) is 0 Å². The second-order valence-corrected chi connectivity index (χ2v) is 9.42. The summed E-state index contributed by atoms with van der Waals surface area (Å²) in [5.74, 6) is -0.0450. The van der Waals surface area contributed by atoms with Crippen LogP contribution in [0.15, 0.2) is 54.6 Å². The lowest BCUT2D eigenvalue weighted by Crippen LogP contribution is -2.71. The summed E-state index contributed by atoms with van der Waals surface area (Å²) >= 11 is 0. The van der Waals surface area contributed by atoms with Crippen LogP contribution in [0.25, 0.3) is 0 Å². The van der Waals surface area contributed by atoms with E-state index in [9.17, 15) is 14.0 Å². The van der Waals surface area contributed by atoms with Crippen LogP contribution >= 0.6 is 0 Å². The number of carbonyl (C=O) groups is 2. The minimum atomic E-state index is -0.314. The quantitative estimate of drug-likeness (QED) is 0.611. The SMILES string of the molecule is CC(C)CC1CN(C(=O)c2ccccc2)CC[N+]1(OCc1ccc(F)cc1)C(=O)NC(C)C. The van der Waals surface area contributed by atoms with Gasteiger partial charge in [-0.2, -0.15) is 4.84 Å². The predicted molar refractivity (Wildman–Crippen MR) is 126 cm³/mol. The first-order valence-electron chi connectivity index (χ1n) is 11.6. The Bertz CT molecular complexity index is 934. The molecule has 0 saturated carbocycles. The van der Waals surface area contributed by atoms with E-state index in [0.29, 0.717) is 37.5 Å². The third-order valence-electron chi connectivity index (χ3n) is 5.91. The fraction of sp³-hybridized carbons (Fsp3) is 0.462. The minimum absolute atomic E-state index is 0.0371. The summed E-state index contributed by atoms with van der Waals surface area (Å²) in [4.78, 5) is 34.9. The lowest BCUT2D eigenvalue weighted by Gasteiger charge is -2.46. The fourth-order valence-corrected chi connectivity index (χ4v) is 4.29. The van der Waals surface area contributed by atoms with E-state index in [1.807, 2.05) is 49.1 Å². The van der Waals surface area contributed by atoms with E-state index in [-0.39, 0.29) is 41.1 Å². The number of hydrogen-bond donors (Lipinski definition) is 1. The fourth-order valence-electron chi connectivity index (χ4n) is 4.29. The van der Waals surface area contributed by atoms with Gasteiger partial charge in [0, 0.05) is 18.0 Å². The maximum absolute atomic E-state index is 13.5. The molecule has 0 bridgehead atoms. The number of hydroxylamine groups is 3. The number of piperazine rings is 1. The standard InChI is InChI=1S/C26H34FN3O3/c1-19(2)16-24-17-29(25(31)22-8-6-5-7-9-22)14-15-30(24,26(32)28-20(3)4)33-18-21-10-12-23(27)13-11-21/h5-13,19-20,24H,14-18H2,1-4H3/p+1. The Morgan fingerprint density at radius 3 is 2.36 bits per heavy atom. The maximum Gasteiger partial charge on any atom is 0.449 e. The van der Waals surface area contributed by atoms with Gasteiger partial charge in [0.05, 0.1) is 13.1 Å². The Kier molecular flexibility index (Phi) is 8.21. The van der Waals surface area contributed by atoms with Crippen LogP contribution in [0.5, 0.6) is 0 Å². The summed E-state index contributed by atoms with van der Waals surface area (Å²) in [6, 6.07) is 14.8. The summed E-state index contributed by atoms with van der Waals surface area (Å²) in [6.07, 6.45) is 0.716. The smallest absolute Gasteiger partial charge is 0.327 e. The van der Waals surface area contributed by atoms with Crippen molar-refractivity contribution in [2.75, 3.05) is 19.6 Å². The zero-order valence-electron chi connectivity index (χ0n) is 20.0. The third-order valence-corrected chi connectivity index (χ3v) is 5.91. The Hall–Kier alpha value is -2.77. The van der Waals surface area contributed by atoms with Gasteiger partial charge >= 0.3 is 6.03 Å². The average molecular weight is 457 g/mol. The molecule has 6 nitrogen and oxygen atoms in total. The summed E-state index contributed by atoms with van der Waals surface area (Å²) in [5, 5.41) is 3.02. The lowest BCUT2D eigenvalue weighted by atomic mass is 9.99. The van der Waals surface area contributed by atoms with Gasteiger partial charge in [-0.15, -0.1) is 0 Å². The number of nitrogens with one attached hydrogen (secondary N) is 1. The van der Waals surface area contributed by atoms with Gasteiger partial charge in [-0.05, 0) is 49.6 Å². The number of rotatable bonds is 7. The van der Waals surface area contributed by atoms with Crippen molar-refractivity contribution >= 4 is 11.9 Å². The van der Waals surface area contributed by atoms with Crippen LogP contribution in [0.2, 0.25) is 0 Å². The molecular weight excluding hydrogens is 421 g/mol. The van der Waals surface area contributed by atoms with Crippen LogP contribution in [0.1, 0.15) is 50.0 Å². The normalized spacial score (nSPS) is 20.8. The molecular formula is C26H35FN3O3+. The molecule has 0 aliphatic carbocycles. The van der Waals surface area contributed by atoms with E-state index in [1.165, 1.54) is 12.1 Å². The Balaban J connectivity index is 1.89. The monoisotopic (exact) mass is 456 g/mol. The minimum Gasteiger partial charge on any atom is -0.327 e. The van der Waals surface area contributed by atoms with Gasteiger partial charge < -0.3 is 10.2 Å². The number of quaternary nitrogens is 1. The molecule has 0 radical (unpaired) electrons. The first kappa shape index (κ1) is 24.9. The highest BCUT2D eigenvalue weighted by atomic mass is 19.1. The van der Waals surface area contributed by atoms with Crippen molar-refractivity contribution in [3.05, 3.63) is 71.5 Å². The molecule has 1 heterocycles. The van der Waals surface area contributed by atoms with Gasteiger partial charge in [-0.25, -0.2) is 9.18 Å². The van der Waals surface area contributed by atoms with E-state index in [1.54, 1.807) is 12.1 Å². The largest absolute Gasteiger partial charge is 0.449 e. The molecule has 1 aliphatic rings. The number of carbonyl (C=O) groups excluding carboxylic acids is 2. The predicted octanol–water partition coefficient (Wildman–Crippen LogP) is 4.76. The molecule has 178 valence electrons. The van der Waals surface area contributed by atoms with E-state index in [4.69, 9.17) is 4.84 Å². The van der Waals surface area contributed by atoms with Crippen LogP contribution in [-0.4, -0.2) is 53.2 Å². The molecule has 0 spiro atoms. The Morgan fingerprint density at radius 1 is 1.09 bits per heavy atom. The van der Waals surface area contributed by atoms with Crippen LogP contribution in [0, 0.1) is 11.7 Å². The highest BCUT2D eigenvalue weighted by Gasteiger charge is 2.52. The first-order valence-corrected chi connectivity index (χ1v) is 11.6. The molecule has 2 atom stereocenters. The lowest BCUT2D eigenvalue weighted by molar-refractivity contribution is -1.07. The second kappa shape index (κ2) is 10.9. The summed E-state index contributed by atoms with van der Waals surface area (Å²) in [7, 11) is 0. The maximum atomic E-state index is 13.5. The van der Waals surface area contributed by atoms with E-state index < -0.39 is 0 Å². The van der Waals surface area contributed by atoms with Gasteiger partial charge in [0.25, 0.3) is 5.91 Å². The van der Waals surface area contributed by atoms with Crippen LogP contribution < -0.4 is 5.32 Å². The van der Waals surface area contributed by atoms with Gasteiger partial charge in [-0.3, -0.25) is 4.79 Å². The van der Waals surface area contributed by atoms with Crippen LogP contribution in [-0.2, 0) is 11.4 Å². The van der Waals surface area contributed by atoms with Crippen molar-refractivity contribution in [2.24, 2.45) is 5.92 Å².